The number of carbonyl (C=O) groups is 4. The van der Waals surface area contributed by atoms with Crippen molar-refractivity contribution in [2.24, 2.45) is 23.2 Å². The van der Waals surface area contributed by atoms with Crippen LogP contribution in [0.2, 0.25) is 0 Å². The van der Waals surface area contributed by atoms with Crippen molar-refractivity contribution in [1.82, 2.24) is 30.2 Å². The molecule has 7 rings (SSSR count). The number of methoxy groups -OCH3 is 1. The van der Waals surface area contributed by atoms with Crippen LogP contribution in [0.25, 0.3) is 11.0 Å². The van der Waals surface area contributed by atoms with Crippen molar-refractivity contribution >= 4 is 74.4 Å². The van der Waals surface area contributed by atoms with Crippen molar-refractivity contribution in [1.29, 1.82) is 0 Å². The summed E-state index contributed by atoms with van der Waals surface area (Å²) in [4.78, 5) is 66.3. The van der Waals surface area contributed by atoms with Gasteiger partial charge in [0.25, 0.3) is 11.8 Å². The molecule has 2 bridgehead atoms. The molecule has 3 N–H and O–H groups in total. The minimum absolute atomic E-state index is 0. The third kappa shape index (κ3) is 9.28. The van der Waals surface area contributed by atoms with E-state index in [0.29, 0.717) is 25.0 Å². The van der Waals surface area contributed by atoms with Crippen LogP contribution in [-0.2, 0) is 35.1 Å². The van der Waals surface area contributed by atoms with Gasteiger partial charge < -0.3 is 29.7 Å². The van der Waals surface area contributed by atoms with E-state index in [-0.39, 0.29) is 72.2 Å². The number of sulfonamides is 1. The molecule has 1 aromatic heterocycles. The van der Waals surface area contributed by atoms with Crippen molar-refractivity contribution in [2.75, 3.05) is 13.7 Å². The minimum atomic E-state index is -4.31. The van der Waals surface area contributed by atoms with E-state index < -0.39 is 129 Å². The summed E-state index contributed by atoms with van der Waals surface area (Å²) in [6, 6.07) is 1.59. The SMILES string of the molecule is CC[C@@H]1[C@@H]2CN(C(=O)[C@H](C(C)(C)C)NC(=O)O[C@@H]3C[C@H]3CCCCC(F)(F)c3nc4ccc(OC)cc4nc3O2)[C@@H]1C(=O)N[C@]1(C(=O)NS(=O)(=O)C2(C)CC2)C[C@H]1C(F)F.[NaH]. The van der Waals surface area contributed by atoms with Gasteiger partial charge in [-0.15, -0.1) is 0 Å². The first-order chi connectivity index (χ1) is 28.0. The molecule has 15 nitrogen and oxygen atoms in total. The summed E-state index contributed by atoms with van der Waals surface area (Å²) in [5.41, 5.74) is -3.83. The Kier molecular flexibility index (Phi) is 13.0. The number of hydrogen-bond acceptors (Lipinski definition) is 11. The molecule has 4 fully saturated rings. The molecule has 3 saturated carbocycles. The number of ether oxygens (including phenoxy) is 3. The maximum absolute atomic E-state index is 16.3. The molecule has 61 heavy (non-hydrogen) atoms. The molecule has 0 radical (unpaired) electrons. The number of nitrogens with one attached hydrogen (secondary N) is 3. The Labute approximate surface area is 373 Å². The first-order valence-corrected chi connectivity index (χ1v) is 21.9. The van der Waals surface area contributed by atoms with Crippen LogP contribution in [0.15, 0.2) is 18.2 Å². The Morgan fingerprint density at radius 1 is 1.07 bits per heavy atom. The van der Waals surface area contributed by atoms with Crippen LogP contribution in [-0.4, -0.2) is 131 Å². The second kappa shape index (κ2) is 16.9. The van der Waals surface area contributed by atoms with Gasteiger partial charge in [-0.1, -0.05) is 34.1 Å². The predicted octanol–water partition coefficient (Wildman–Crippen LogP) is 4.31. The van der Waals surface area contributed by atoms with E-state index in [1.165, 1.54) is 26.2 Å². The molecular weight excluding hydrogens is 840 g/mol. The monoisotopic (exact) mass is 892 g/mol. The van der Waals surface area contributed by atoms with E-state index in [0.717, 1.165) is 4.90 Å². The number of alkyl halides is 4. The molecule has 5 aliphatic rings. The molecule has 3 heterocycles. The molecule has 3 aliphatic carbocycles. The second-order valence-electron chi connectivity index (χ2n) is 18.2. The van der Waals surface area contributed by atoms with Gasteiger partial charge in [0.15, 0.2) is 5.69 Å². The molecule has 2 aromatic rings. The molecule has 21 heteroatoms. The predicted molar refractivity (Wildman–Crippen MR) is 214 cm³/mol. The molecule has 1 saturated heterocycles. The average molecular weight is 893 g/mol. The summed E-state index contributed by atoms with van der Waals surface area (Å²) < 4.78 is 105. The van der Waals surface area contributed by atoms with Crippen LogP contribution < -0.4 is 24.8 Å². The number of amides is 4. The quantitative estimate of drug-likeness (QED) is 0.253. The zero-order valence-corrected chi connectivity index (χ0v) is 35.2. The van der Waals surface area contributed by atoms with Crippen LogP contribution in [0.3, 0.4) is 0 Å². The van der Waals surface area contributed by atoms with Crippen molar-refractivity contribution in [3.8, 4) is 11.6 Å². The van der Waals surface area contributed by atoms with E-state index in [4.69, 9.17) is 14.2 Å². The number of halogens is 4. The van der Waals surface area contributed by atoms with Crippen LogP contribution in [0.1, 0.15) is 98.1 Å². The number of rotatable bonds is 8. The Bertz CT molecular complexity index is 2180. The number of fused-ring (bicyclic) bond motifs is 5. The second-order valence-corrected chi connectivity index (χ2v) is 20.4. The van der Waals surface area contributed by atoms with Crippen molar-refractivity contribution in [2.45, 2.75) is 139 Å². The first-order valence-electron chi connectivity index (χ1n) is 20.4. The molecule has 1 aromatic carbocycles. The van der Waals surface area contributed by atoms with Crippen molar-refractivity contribution in [3.63, 3.8) is 0 Å². The summed E-state index contributed by atoms with van der Waals surface area (Å²) >= 11 is 0. The molecule has 332 valence electrons. The maximum atomic E-state index is 16.3. The molecule has 8 atom stereocenters. The number of nitrogens with zero attached hydrogens (tertiary/aromatic N) is 3. The average Bonchev–Trinajstić information content (AvgIpc) is 4.12. The summed E-state index contributed by atoms with van der Waals surface area (Å²) in [5, 5.41) is 5.06. The van der Waals surface area contributed by atoms with Crippen molar-refractivity contribution < 1.29 is 59.4 Å². The Balaban J connectivity index is 0.00000622. The Hall–Kier alpha value is -3.49. The molecular formula is C40H53F4N6NaO9S. The van der Waals surface area contributed by atoms with Crippen LogP contribution in [0.5, 0.6) is 11.6 Å². The van der Waals surface area contributed by atoms with Gasteiger partial charge in [-0.2, -0.15) is 8.78 Å². The molecule has 0 unspecified atom stereocenters. The van der Waals surface area contributed by atoms with Gasteiger partial charge in [0, 0.05) is 18.4 Å². The van der Waals surface area contributed by atoms with Gasteiger partial charge in [-0.05, 0) is 75.3 Å². The van der Waals surface area contributed by atoms with E-state index in [2.05, 4.69) is 20.6 Å². The van der Waals surface area contributed by atoms with E-state index in [9.17, 15) is 36.4 Å². The summed E-state index contributed by atoms with van der Waals surface area (Å²) in [5.74, 6) is -9.85. The van der Waals surface area contributed by atoms with Gasteiger partial charge in [-0.25, -0.2) is 32.0 Å². The van der Waals surface area contributed by atoms with Gasteiger partial charge in [0.1, 0.15) is 35.6 Å². The number of carbonyl (C=O) groups excluding carboxylic acids is 4. The van der Waals surface area contributed by atoms with E-state index >= 15 is 8.78 Å². The normalized spacial score (nSPS) is 30.8. The number of alkyl carbamates (subject to hydrolysis) is 1. The van der Waals surface area contributed by atoms with Crippen LogP contribution in [0, 0.1) is 23.2 Å². The van der Waals surface area contributed by atoms with Crippen molar-refractivity contribution in [3.05, 3.63) is 23.9 Å². The molecule has 0 spiro atoms. The fourth-order valence-electron chi connectivity index (χ4n) is 8.43. The standard InChI is InChI=1S/C40H52F4N6O9S.Na.H/c1-7-22-27-19-50(28(22)32(51)48-39(18-23(39)31(41)42)35(53)49-60(55,56)38(5)14-15-38)34(52)30(37(2,3)4)47-36(54)59-26-16-20(26)10-8-9-13-40(43,44)29-33(58-27)46-25-17-21(57-6)11-12-24(25)45-29;;/h11-12,17,20,22-23,26-28,30-31H,7-10,13-16,18-19H2,1-6H3,(H,47,54)(H,48,51)(H,49,53);;/t20-,22-,23+,26-,27+,28+,30-,39-;;/m1../s1. The fraction of sp³-hybridized carbons (Fsp3) is 0.700. The Morgan fingerprint density at radius 2 is 1.77 bits per heavy atom. The van der Waals surface area contributed by atoms with Gasteiger partial charge in [-0.3, -0.25) is 19.1 Å². The number of aromatic nitrogens is 2. The van der Waals surface area contributed by atoms with Crippen LogP contribution in [0.4, 0.5) is 22.4 Å². The first kappa shape index (κ1) is 47.0. The summed E-state index contributed by atoms with van der Waals surface area (Å²) in [7, 11) is -2.89. The topological polar surface area (TPSA) is 195 Å². The zero-order chi connectivity index (χ0) is 43.7. The van der Waals surface area contributed by atoms with E-state index in [1.54, 1.807) is 33.8 Å². The number of hydrogen-bond donors (Lipinski definition) is 3. The third-order valence-corrected chi connectivity index (χ3v) is 14.9. The number of benzene rings is 1. The Morgan fingerprint density at radius 3 is 2.38 bits per heavy atom. The van der Waals surface area contributed by atoms with E-state index in [1.807, 2.05) is 4.72 Å². The fourth-order valence-corrected chi connectivity index (χ4v) is 9.74. The molecule has 4 amide bonds. The molecule has 2 aliphatic heterocycles. The zero-order valence-electron chi connectivity index (χ0n) is 34.4. The van der Waals surface area contributed by atoms with Gasteiger partial charge in [0.05, 0.1) is 35.4 Å². The van der Waals surface area contributed by atoms with Gasteiger partial charge in [0.2, 0.25) is 34.1 Å². The summed E-state index contributed by atoms with van der Waals surface area (Å²) in [6.07, 6.45) is -4.91. The van der Waals surface area contributed by atoms with Crippen LogP contribution >= 0.6 is 0 Å². The van der Waals surface area contributed by atoms with Gasteiger partial charge >= 0.3 is 35.7 Å². The third-order valence-electron chi connectivity index (χ3n) is 12.8. The summed E-state index contributed by atoms with van der Waals surface area (Å²) in [6.45, 7) is 7.62.